The molecule has 0 bridgehead atoms. The summed E-state index contributed by atoms with van der Waals surface area (Å²) in [5.41, 5.74) is 1.04. The number of carbonyl (C=O) groups is 3. The van der Waals surface area contributed by atoms with Gasteiger partial charge in [-0.15, -0.1) is 11.8 Å². The highest BCUT2D eigenvalue weighted by Crippen LogP contribution is 2.37. The zero-order chi connectivity index (χ0) is 23.2. The van der Waals surface area contributed by atoms with Gasteiger partial charge in [-0.3, -0.25) is 14.4 Å². The molecule has 8 nitrogen and oxygen atoms in total. The number of benzene rings is 1. The summed E-state index contributed by atoms with van der Waals surface area (Å²) < 4.78 is 0. The fourth-order valence-corrected chi connectivity index (χ4v) is 4.75. The Balaban J connectivity index is 1.93. The molecule has 0 saturated carbocycles. The van der Waals surface area contributed by atoms with Gasteiger partial charge in [0, 0.05) is 36.3 Å². The molecule has 0 aromatic heterocycles. The van der Waals surface area contributed by atoms with E-state index in [9.17, 15) is 14.4 Å². The maximum absolute atomic E-state index is 12.7. The van der Waals surface area contributed by atoms with Gasteiger partial charge in [0.1, 0.15) is 5.92 Å². The molecule has 1 aliphatic rings. The average molecular weight is 447 g/mol. The van der Waals surface area contributed by atoms with Crippen LogP contribution >= 0.6 is 11.8 Å². The minimum Gasteiger partial charge on any atom is -0.480 e. The van der Waals surface area contributed by atoms with E-state index in [1.165, 1.54) is 11.8 Å². The molecule has 2 rings (SSSR count). The lowest BCUT2D eigenvalue weighted by atomic mass is 9.95. The van der Waals surface area contributed by atoms with Crippen LogP contribution in [-0.2, 0) is 14.4 Å². The van der Waals surface area contributed by atoms with Gasteiger partial charge in [0.25, 0.3) is 0 Å². The van der Waals surface area contributed by atoms with Crippen LogP contribution in [0.1, 0.15) is 40.5 Å². The van der Waals surface area contributed by atoms with Crippen LogP contribution in [0.2, 0.25) is 0 Å². The molecule has 1 fully saturated rings. The van der Waals surface area contributed by atoms with Gasteiger partial charge in [0.15, 0.2) is 0 Å². The summed E-state index contributed by atoms with van der Waals surface area (Å²) >= 11 is 1.43. The van der Waals surface area contributed by atoms with E-state index in [0.717, 1.165) is 5.69 Å². The number of thioether (sulfide) groups is 1. The van der Waals surface area contributed by atoms with Gasteiger partial charge < -0.3 is 20.6 Å². The molecule has 1 aromatic rings. The Hall–Kier alpha value is -2.73. The summed E-state index contributed by atoms with van der Waals surface area (Å²) in [6, 6.07) is 9.21. The first-order valence-corrected chi connectivity index (χ1v) is 11.2. The van der Waals surface area contributed by atoms with Gasteiger partial charge in [-0.25, -0.2) is 0 Å². The minimum absolute atomic E-state index is 0.0208. The van der Waals surface area contributed by atoms with Crippen LogP contribution in [0.15, 0.2) is 24.3 Å². The summed E-state index contributed by atoms with van der Waals surface area (Å²) in [5.74, 6) is -2.37. The molecule has 168 valence electrons. The van der Waals surface area contributed by atoms with Crippen LogP contribution < -0.4 is 10.6 Å². The molecular weight excluding hydrogens is 416 g/mol. The number of carboxylic acid groups (broad SMARTS) is 1. The largest absolute Gasteiger partial charge is 0.480 e. The number of carboxylic acids is 1. The van der Waals surface area contributed by atoms with Gasteiger partial charge in [-0.2, -0.15) is 5.26 Å². The van der Waals surface area contributed by atoms with E-state index >= 15 is 0 Å². The first kappa shape index (κ1) is 24.5. The van der Waals surface area contributed by atoms with E-state index in [4.69, 9.17) is 10.4 Å². The lowest BCUT2D eigenvalue weighted by Gasteiger charge is -2.22. The van der Waals surface area contributed by atoms with Gasteiger partial charge in [-0.05, 0) is 31.5 Å². The number of hydrogen-bond donors (Lipinski definition) is 3. The van der Waals surface area contributed by atoms with Crippen molar-refractivity contribution in [2.24, 2.45) is 11.3 Å². The number of carbonyl (C=O) groups excluding carboxylic acids is 2. The number of nitrogens with one attached hydrogen (secondary N) is 2. The molecule has 1 aliphatic heterocycles. The first-order chi connectivity index (χ1) is 14.6. The quantitative estimate of drug-likeness (QED) is 0.531. The van der Waals surface area contributed by atoms with E-state index < -0.39 is 17.3 Å². The van der Waals surface area contributed by atoms with Crippen LogP contribution in [0.5, 0.6) is 0 Å². The number of aliphatic carboxylic acids is 1. The second kappa shape index (κ2) is 10.5. The van der Waals surface area contributed by atoms with Crippen molar-refractivity contribution in [2.45, 2.75) is 51.2 Å². The number of rotatable bonds is 9. The Bertz CT molecular complexity index is 862. The van der Waals surface area contributed by atoms with Crippen molar-refractivity contribution < 1.29 is 19.5 Å². The van der Waals surface area contributed by atoms with E-state index in [-0.39, 0.29) is 28.9 Å². The predicted molar refractivity (Wildman–Crippen MR) is 122 cm³/mol. The van der Waals surface area contributed by atoms with Gasteiger partial charge in [0.05, 0.1) is 16.7 Å². The van der Waals surface area contributed by atoms with Crippen molar-refractivity contribution in [2.75, 3.05) is 23.7 Å². The van der Waals surface area contributed by atoms with Crippen LogP contribution in [0.3, 0.4) is 0 Å². The van der Waals surface area contributed by atoms with Crippen molar-refractivity contribution in [3.63, 3.8) is 0 Å². The van der Waals surface area contributed by atoms with Crippen molar-refractivity contribution in [3.8, 4) is 6.07 Å². The maximum atomic E-state index is 12.7. The van der Waals surface area contributed by atoms with Crippen molar-refractivity contribution in [3.05, 3.63) is 24.3 Å². The summed E-state index contributed by atoms with van der Waals surface area (Å²) in [6.07, 6.45) is 0.689. The van der Waals surface area contributed by atoms with Crippen LogP contribution in [-0.4, -0.2) is 51.5 Å². The smallest absolute Gasteiger partial charge is 0.321 e. The highest BCUT2D eigenvalue weighted by molar-refractivity contribution is 8.01. The van der Waals surface area contributed by atoms with Gasteiger partial charge >= 0.3 is 5.97 Å². The molecule has 1 aromatic carbocycles. The highest BCUT2D eigenvalue weighted by Gasteiger charge is 2.40. The lowest BCUT2D eigenvalue weighted by molar-refractivity contribution is -0.141. The second-order valence-electron chi connectivity index (χ2n) is 8.46. The Morgan fingerprint density at radius 1 is 1.32 bits per heavy atom. The molecule has 1 saturated heterocycles. The van der Waals surface area contributed by atoms with E-state index in [1.54, 1.807) is 11.0 Å². The van der Waals surface area contributed by atoms with Crippen LogP contribution in [0.4, 0.5) is 11.4 Å². The predicted octanol–water partition coefficient (Wildman–Crippen LogP) is 3.38. The summed E-state index contributed by atoms with van der Waals surface area (Å²) in [6.45, 7) is 8.43. The number of hydrogen-bond acceptors (Lipinski definition) is 6. The monoisotopic (exact) mass is 446 g/mol. The number of anilines is 2. The highest BCUT2D eigenvalue weighted by atomic mass is 32.2. The van der Waals surface area contributed by atoms with Crippen LogP contribution in [0, 0.1) is 22.7 Å². The summed E-state index contributed by atoms with van der Waals surface area (Å²) in [5, 5.41) is 23.8. The molecule has 3 unspecified atom stereocenters. The molecule has 0 radical (unpaired) electrons. The van der Waals surface area contributed by atoms with Crippen molar-refractivity contribution >= 4 is 40.9 Å². The number of amides is 2. The first-order valence-electron chi connectivity index (χ1n) is 10.3. The Morgan fingerprint density at radius 3 is 2.58 bits per heavy atom. The lowest BCUT2D eigenvalue weighted by Crippen LogP contribution is -2.36. The molecule has 2 amide bonds. The van der Waals surface area contributed by atoms with Crippen molar-refractivity contribution in [1.82, 2.24) is 4.90 Å². The van der Waals surface area contributed by atoms with Crippen molar-refractivity contribution in [1.29, 1.82) is 5.26 Å². The number of nitriles is 1. The zero-order valence-corrected chi connectivity index (χ0v) is 19.2. The third kappa shape index (κ3) is 6.62. The topological polar surface area (TPSA) is 123 Å². The normalized spacial score (nSPS) is 19.6. The SMILES string of the molecule is CCN1C(=O)C(CCNc2cccc(NC(=O)C(C)(C)C)c2)SC1CC(C#N)C(=O)O. The molecular formula is C22H30N4O4S. The fourth-order valence-electron chi connectivity index (χ4n) is 3.17. The van der Waals surface area contributed by atoms with E-state index in [2.05, 4.69) is 10.6 Å². The molecule has 1 heterocycles. The molecule has 0 aliphatic carbocycles. The minimum atomic E-state index is -1.16. The molecule has 9 heteroatoms. The van der Waals surface area contributed by atoms with Crippen LogP contribution in [0.25, 0.3) is 0 Å². The van der Waals surface area contributed by atoms with Gasteiger partial charge in [0.2, 0.25) is 11.8 Å². The third-order valence-corrected chi connectivity index (χ3v) is 6.52. The second-order valence-corrected chi connectivity index (χ2v) is 9.84. The van der Waals surface area contributed by atoms with E-state index in [1.807, 2.05) is 52.0 Å². The molecule has 0 spiro atoms. The van der Waals surface area contributed by atoms with Gasteiger partial charge in [-0.1, -0.05) is 26.8 Å². The summed E-state index contributed by atoms with van der Waals surface area (Å²) in [4.78, 5) is 37.7. The standard InChI is InChI=1S/C22H30N4O4S/c1-5-26-18(11-14(13-23)20(28)29)31-17(19(26)27)9-10-24-15-7-6-8-16(12-15)25-21(30)22(2,3)4/h6-8,12,14,17-18,24H,5,9-11H2,1-4H3,(H,25,30)(H,28,29). The fraction of sp³-hybridized carbons (Fsp3) is 0.545. The maximum Gasteiger partial charge on any atom is 0.321 e. The molecule has 3 N–H and O–H groups in total. The van der Waals surface area contributed by atoms with E-state index in [0.29, 0.717) is 25.2 Å². The molecule has 3 atom stereocenters. The number of nitrogens with zero attached hydrogens (tertiary/aromatic N) is 2. The third-order valence-electron chi connectivity index (χ3n) is 5.00. The summed E-state index contributed by atoms with van der Waals surface area (Å²) in [7, 11) is 0. The zero-order valence-electron chi connectivity index (χ0n) is 18.3. The Kier molecular flexibility index (Phi) is 8.34. The Morgan fingerprint density at radius 2 is 2.00 bits per heavy atom. The average Bonchev–Trinajstić information content (AvgIpc) is 2.99. The molecule has 31 heavy (non-hydrogen) atoms. The Labute approximate surface area is 187 Å².